The van der Waals surface area contributed by atoms with Gasteiger partial charge in [0.15, 0.2) is 5.78 Å². The van der Waals surface area contributed by atoms with Gasteiger partial charge in [0, 0.05) is 29.0 Å². The van der Waals surface area contributed by atoms with Crippen molar-refractivity contribution in [3.8, 4) is 0 Å². The summed E-state index contributed by atoms with van der Waals surface area (Å²) in [6.07, 6.45) is 2.52. The Labute approximate surface area is 113 Å². The topological polar surface area (TPSA) is 49.3 Å². The molecule has 0 aliphatic rings. The first-order valence-electron chi connectivity index (χ1n) is 6.15. The Morgan fingerprint density at radius 1 is 1.39 bits per heavy atom. The number of ketones is 1. The molecule has 1 aromatic rings. The lowest BCUT2D eigenvalue weighted by atomic mass is 10.1. The third-order valence-corrected chi connectivity index (χ3v) is 4.13. The Morgan fingerprint density at radius 3 is 2.44 bits per heavy atom. The van der Waals surface area contributed by atoms with Gasteiger partial charge in [0.2, 0.25) is 0 Å². The Morgan fingerprint density at radius 2 is 2.00 bits per heavy atom. The van der Waals surface area contributed by atoms with E-state index >= 15 is 0 Å². The van der Waals surface area contributed by atoms with E-state index in [0.29, 0.717) is 6.42 Å². The fourth-order valence-corrected chi connectivity index (χ4v) is 2.37. The first-order chi connectivity index (χ1) is 8.62. The van der Waals surface area contributed by atoms with Gasteiger partial charge in [-0.15, -0.1) is 0 Å². The minimum absolute atomic E-state index is 0.155. The summed E-state index contributed by atoms with van der Waals surface area (Å²) in [6.45, 7) is 4.06. The van der Waals surface area contributed by atoms with Crippen molar-refractivity contribution in [2.45, 2.75) is 31.6 Å². The third-order valence-electron chi connectivity index (χ3n) is 2.96. The monoisotopic (exact) mass is 267 g/mol. The van der Waals surface area contributed by atoms with E-state index in [9.17, 15) is 9.90 Å². The number of anilines is 1. The average molecular weight is 267 g/mol. The van der Waals surface area contributed by atoms with Gasteiger partial charge in [-0.25, -0.2) is 0 Å². The van der Waals surface area contributed by atoms with Crippen molar-refractivity contribution in [2.75, 3.05) is 18.2 Å². The van der Waals surface area contributed by atoms with E-state index < -0.39 is 0 Å². The fourth-order valence-electron chi connectivity index (χ4n) is 1.75. The van der Waals surface area contributed by atoms with Gasteiger partial charge < -0.3 is 10.4 Å². The lowest BCUT2D eigenvalue weighted by Gasteiger charge is -2.22. The van der Waals surface area contributed by atoms with Crippen molar-refractivity contribution in [3.05, 3.63) is 29.8 Å². The van der Waals surface area contributed by atoms with Crippen molar-refractivity contribution in [1.29, 1.82) is 0 Å². The van der Waals surface area contributed by atoms with Crippen LogP contribution in [0.15, 0.2) is 24.3 Å². The molecule has 2 N–H and O–H groups in total. The van der Waals surface area contributed by atoms with Crippen LogP contribution in [0.4, 0.5) is 5.69 Å². The van der Waals surface area contributed by atoms with Crippen LogP contribution in [-0.2, 0) is 0 Å². The lowest BCUT2D eigenvalue weighted by molar-refractivity contribution is 0.0988. The second-order valence-corrected chi connectivity index (χ2v) is 5.32. The number of Topliss-reactive ketones (excluding diaryl/α,β-unsaturated/α-hetero) is 1. The summed E-state index contributed by atoms with van der Waals surface area (Å²) in [6, 6.07) is 7.68. The molecule has 4 heteroatoms. The van der Waals surface area contributed by atoms with Gasteiger partial charge in [0.05, 0.1) is 6.61 Å². The number of nitrogens with one attached hydrogen (secondary N) is 1. The molecule has 0 saturated heterocycles. The van der Waals surface area contributed by atoms with Crippen LogP contribution in [0, 0.1) is 0 Å². The van der Waals surface area contributed by atoms with Crippen LogP contribution in [0.25, 0.3) is 0 Å². The van der Waals surface area contributed by atoms with E-state index in [1.807, 2.05) is 44.4 Å². The van der Waals surface area contributed by atoms with Gasteiger partial charge in [-0.05, 0) is 37.4 Å². The number of aliphatic hydroxyl groups is 1. The molecule has 2 atom stereocenters. The van der Waals surface area contributed by atoms with Crippen molar-refractivity contribution >= 4 is 23.2 Å². The van der Waals surface area contributed by atoms with Gasteiger partial charge in [-0.2, -0.15) is 11.8 Å². The minimum Gasteiger partial charge on any atom is -0.395 e. The van der Waals surface area contributed by atoms with Crippen LogP contribution in [-0.4, -0.2) is 35.0 Å². The molecular weight excluding hydrogens is 246 g/mol. The molecule has 0 aliphatic carbocycles. The molecule has 18 heavy (non-hydrogen) atoms. The fraction of sp³-hybridized carbons (Fsp3) is 0.500. The van der Waals surface area contributed by atoms with Crippen LogP contribution in [0.1, 0.15) is 30.6 Å². The van der Waals surface area contributed by atoms with Gasteiger partial charge in [-0.1, -0.05) is 6.92 Å². The molecule has 0 heterocycles. The number of hydrogen-bond donors (Lipinski definition) is 2. The molecule has 1 rings (SSSR count). The average Bonchev–Trinajstić information content (AvgIpc) is 2.40. The van der Waals surface area contributed by atoms with Crippen molar-refractivity contribution in [2.24, 2.45) is 0 Å². The van der Waals surface area contributed by atoms with Crippen molar-refractivity contribution < 1.29 is 9.90 Å². The number of aliphatic hydroxyl groups excluding tert-OH is 1. The number of thioether (sulfide) groups is 1. The highest BCUT2D eigenvalue weighted by molar-refractivity contribution is 7.99. The molecule has 3 nitrogen and oxygen atoms in total. The van der Waals surface area contributed by atoms with E-state index in [1.54, 1.807) is 11.8 Å². The summed E-state index contributed by atoms with van der Waals surface area (Å²) < 4.78 is 0. The van der Waals surface area contributed by atoms with Crippen LogP contribution in [0.3, 0.4) is 0 Å². The molecule has 0 spiro atoms. The zero-order chi connectivity index (χ0) is 13.5. The number of carbonyl (C=O) groups is 1. The molecule has 0 bridgehead atoms. The van der Waals surface area contributed by atoms with Crippen LogP contribution in [0.5, 0.6) is 0 Å². The standard InChI is InChI=1S/C14H21NO2S/c1-4-13(17)11-5-7-12(8-6-11)15-10(2)14(9-16)18-3/h5-8,10,14-16H,4,9H2,1-3H3. The second kappa shape index (κ2) is 7.44. The molecule has 100 valence electrons. The Hall–Kier alpha value is -1.00. The minimum atomic E-state index is 0.155. The van der Waals surface area contributed by atoms with Gasteiger partial charge in [-0.3, -0.25) is 4.79 Å². The summed E-state index contributed by atoms with van der Waals surface area (Å²) in [4.78, 5) is 11.5. The largest absolute Gasteiger partial charge is 0.395 e. The molecule has 0 amide bonds. The number of rotatable bonds is 7. The van der Waals surface area contributed by atoms with Crippen LogP contribution >= 0.6 is 11.8 Å². The highest BCUT2D eigenvalue weighted by Gasteiger charge is 2.14. The van der Waals surface area contributed by atoms with E-state index in [-0.39, 0.29) is 23.7 Å². The maximum absolute atomic E-state index is 11.5. The second-order valence-electron chi connectivity index (χ2n) is 4.24. The summed E-state index contributed by atoms with van der Waals surface area (Å²) >= 11 is 1.64. The molecule has 0 aliphatic heterocycles. The highest BCUT2D eigenvalue weighted by atomic mass is 32.2. The smallest absolute Gasteiger partial charge is 0.162 e. The summed E-state index contributed by atoms with van der Waals surface area (Å²) in [5, 5.41) is 12.7. The van der Waals surface area contributed by atoms with E-state index in [2.05, 4.69) is 5.32 Å². The van der Waals surface area contributed by atoms with Crippen molar-refractivity contribution in [3.63, 3.8) is 0 Å². The molecule has 0 fully saturated rings. The molecule has 0 radical (unpaired) electrons. The van der Waals surface area contributed by atoms with E-state index in [1.165, 1.54) is 0 Å². The SMILES string of the molecule is CCC(=O)c1ccc(NC(C)C(CO)SC)cc1. The molecule has 1 aromatic carbocycles. The maximum atomic E-state index is 11.5. The Balaban J connectivity index is 2.66. The summed E-state index contributed by atoms with van der Waals surface area (Å²) in [7, 11) is 0. The predicted molar refractivity (Wildman–Crippen MR) is 78.5 cm³/mol. The zero-order valence-electron chi connectivity index (χ0n) is 11.1. The number of hydrogen-bond acceptors (Lipinski definition) is 4. The van der Waals surface area contributed by atoms with Gasteiger partial charge in [0.1, 0.15) is 0 Å². The molecule has 0 saturated carbocycles. The quantitative estimate of drug-likeness (QED) is 0.746. The van der Waals surface area contributed by atoms with Crippen LogP contribution in [0.2, 0.25) is 0 Å². The molecular formula is C14H21NO2S. The van der Waals surface area contributed by atoms with Crippen LogP contribution < -0.4 is 5.32 Å². The maximum Gasteiger partial charge on any atom is 0.162 e. The van der Waals surface area contributed by atoms with E-state index in [4.69, 9.17) is 0 Å². The van der Waals surface area contributed by atoms with Gasteiger partial charge >= 0.3 is 0 Å². The number of carbonyl (C=O) groups excluding carboxylic acids is 1. The first-order valence-corrected chi connectivity index (χ1v) is 7.44. The Bertz CT molecular complexity index is 374. The highest BCUT2D eigenvalue weighted by Crippen LogP contribution is 2.17. The predicted octanol–water partition coefficient (Wildman–Crippen LogP) is 2.80. The molecule has 0 aromatic heterocycles. The van der Waals surface area contributed by atoms with Crippen molar-refractivity contribution in [1.82, 2.24) is 0 Å². The normalized spacial score (nSPS) is 14.0. The first kappa shape index (κ1) is 15.1. The van der Waals surface area contributed by atoms with E-state index in [0.717, 1.165) is 11.3 Å². The zero-order valence-corrected chi connectivity index (χ0v) is 12.0. The summed E-state index contributed by atoms with van der Waals surface area (Å²) in [5.74, 6) is 0.159. The Kier molecular flexibility index (Phi) is 6.22. The lowest BCUT2D eigenvalue weighted by Crippen LogP contribution is -2.30. The summed E-state index contributed by atoms with van der Waals surface area (Å²) in [5.41, 5.74) is 1.72. The third kappa shape index (κ3) is 4.03. The molecule has 2 unspecified atom stereocenters. The van der Waals surface area contributed by atoms with Gasteiger partial charge in [0.25, 0.3) is 0 Å². The number of benzene rings is 1.